The van der Waals surface area contributed by atoms with E-state index >= 15 is 0 Å². The molecule has 0 radical (unpaired) electrons. The van der Waals surface area contributed by atoms with Gasteiger partial charge in [0.15, 0.2) is 10.0 Å². The fourth-order valence-electron chi connectivity index (χ4n) is 2.11. The second-order valence-electron chi connectivity index (χ2n) is 4.38. The molecule has 0 aliphatic heterocycles. The number of carbonyl (C=O) groups is 1. The number of rotatable bonds is 3. The molecule has 1 aromatic carbocycles. The SMILES string of the molecule is COC(=O)c1sc(Cc2ccnc3ccccc23)nc1Cl. The Balaban J connectivity index is 1.98. The van der Waals surface area contributed by atoms with Crippen molar-refractivity contribution in [3.63, 3.8) is 0 Å². The molecule has 0 aliphatic rings. The van der Waals surface area contributed by atoms with Gasteiger partial charge in [0.25, 0.3) is 0 Å². The van der Waals surface area contributed by atoms with Gasteiger partial charge in [-0.2, -0.15) is 0 Å². The van der Waals surface area contributed by atoms with Crippen LogP contribution >= 0.6 is 22.9 Å². The van der Waals surface area contributed by atoms with E-state index in [1.165, 1.54) is 18.4 Å². The Morgan fingerprint density at radius 2 is 2.14 bits per heavy atom. The normalized spacial score (nSPS) is 10.8. The molecule has 4 nitrogen and oxygen atoms in total. The maximum Gasteiger partial charge on any atom is 0.351 e. The summed E-state index contributed by atoms with van der Waals surface area (Å²) >= 11 is 7.25. The fraction of sp³-hybridized carbons (Fsp3) is 0.133. The predicted octanol–water partition coefficient (Wildman–Crippen LogP) is 3.72. The lowest BCUT2D eigenvalue weighted by Crippen LogP contribution is -1.98. The van der Waals surface area contributed by atoms with Crippen molar-refractivity contribution in [1.29, 1.82) is 0 Å². The van der Waals surface area contributed by atoms with Crippen molar-refractivity contribution < 1.29 is 9.53 Å². The molecule has 0 saturated carbocycles. The van der Waals surface area contributed by atoms with E-state index in [1.54, 1.807) is 6.20 Å². The van der Waals surface area contributed by atoms with Crippen molar-refractivity contribution in [1.82, 2.24) is 9.97 Å². The Morgan fingerprint density at radius 1 is 1.33 bits per heavy atom. The Bertz CT molecular complexity index is 811. The van der Waals surface area contributed by atoms with Gasteiger partial charge in [-0.1, -0.05) is 29.8 Å². The van der Waals surface area contributed by atoms with Crippen molar-refractivity contribution in [3.05, 3.63) is 57.1 Å². The molecule has 3 rings (SSSR count). The van der Waals surface area contributed by atoms with Crippen LogP contribution in [-0.4, -0.2) is 23.0 Å². The number of fused-ring (bicyclic) bond motifs is 1. The van der Waals surface area contributed by atoms with Crippen LogP contribution in [0.4, 0.5) is 0 Å². The van der Waals surface area contributed by atoms with Crippen LogP contribution in [0.5, 0.6) is 0 Å². The molecule has 6 heteroatoms. The molecule has 21 heavy (non-hydrogen) atoms. The fourth-order valence-corrected chi connectivity index (χ4v) is 3.35. The number of para-hydroxylation sites is 1. The van der Waals surface area contributed by atoms with E-state index in [2.05, 4.69) is 14.7 Å². The first-order valence-electron chi connectivity index (χ1n) is 6.25. The highest BCUT2D eigenvalue weighted by atomic mass is 35.5. The van der Waals surface area contributed by atoms with Gasteiger partial charge in [-0.25, -0.2) is 9.78 Å². The van der Waals surface area contributed by atoms with Gasteiger partial charge < -0.3 is 4.74 Å². The Morgan fingerprint density at radius 3 is 2.95 bits per heavy atom. The highest BCUT2D eigenvalue weighted by Gasteiger charge is 2.17. The average molecular weight is 319 g/mol. The number of carbonyl (C=O) groups excluding carboxylic acids is 1. The van der Waals surface area contributed by atoms with Crippen LogP contribution in [0.25, 0.3) is 10.9 Å². The molecule has 2 aromatic heterocycles. The lowest BCUT2D eigenvalue weighted by atomic mass is 10.1. The van der Waals surface area contributed by atoms with Gasteiger partial charge in [0.1, 0.15) is 0 Å². The number of benzene rings is 1. The van der Waals surface area contributed by atoms with E-state index in [0.717, 1.165) is 21.5 Å². The number of halogens is 1. The van der Waals surface area contributed by atoms with Gasteiger partial charge in [0, 0.05) is 18.0 Å². The quantitative estimate of drug-likeness (QED) is 0.691. The summed E-state index contributed by atoms with van der Waals surface area (Å²) < 4.78 is 4.69. The van der Waals surface area contributed by atoms with Crippen molar-refractivity contribution in [3.8, 4) is 0 Å². The van der Waals surface area contributed by atoms with Crippen LogP contribution in [0.2, 0.25) is 5.15 Å². The van der Waals surface area contributed by atoms with Gasteiger partial charge in [0.2, 0.25) is 0 Å². The Hall–Kier alpha value is -1.98. The number of thiazole rings is 1. The van der Waals surface area contributed by atoms with Crippen molar-refractivity contribution >= 4 is 39.8 Å². The summed E-state index contributed by atoms with van der Waals surface area (Å²) in [7, 11) is 1.33. The number of esters is 1. The van der Waals surface area contributed by atoms with E-state index in [1.807, 2.05) is 30.3 Å². The molecular weight excluding hydrogens is 308 g/mol. The van der Waals surface area contributed by atoms with Crippen LogP contribution < -0.4 is 0 Å². The number of pyridine rings is 1. The molecular formula is C15H11ClN2O2S. The minimum atomic E-state index is -0.455. The zero-order chi connectivity index (χ0) is 14.8. The van der Waals surface area contributed by atoms with E-state index in [0.29, 0.717) is 11.3 Å². The molecule has 0 amide bonds. The van der Waals surface area contributed by atoms with Crippen molar-refractivity contribution in [2.75, 3.05) is 7.11 Å². The zero-order valence-corrected chi connectivity index (χ0v) is 12.7. The summed E-state index contributed by atoms with van der Waals surface area (Å²) in [6.07, 6.45) is 2.37. The maximum absolute atomic E-state index is 11.6. The monoisotopic (exact) mass is 318 g/mol. The van der Waals surface area contributed by atoms with Gasteiger partial charge in [-0.3, -0.25) is 4.98 Å². The zero-order valence-electron chi connectivity index (χ0n) is 11.2. The second kappa shape index (κ2) is 5.79. The van der Waals surface area contributed by atoms with Crippen LogP contribution in [-0.2, 0) is 11.2 Å². The Kier molecular flexibility index (Phi) is 3.86. The molecule has 3 aromatic rings. The predicted molar refractivity (Wildman–Crippen MR) is 83.0 cm³/mol. The Labute approximate surface area is 130 Å². The van der Waals surface area contributed by atoms with Crippen molar-refractivity contribution in [2.24, 2.45) is 0 Å². The van der Waals surface area contributed by atoms with E-state index < -0.39 is 5.97 Å². The third kappa shape index (κ3) is 2.75. The maximum atomic E-state index is 11.6. The van der Waals surface area contributed by atoms with Gasteiger partial charge in [-0.15, -0.1) is 11.3 Å². The van der Waals surface area contributed by atoms with Gasteiger partial charge in [-0.05, 0) is 17.7 Å². The summed E-state index contributed by atoms with van der Waals surface area (Å²) in [5, 5.41) is 2.04. The minimum Gasteiger partial charge on any atom is -0.465 e. The molecule has 0 fully saturated rings. The first kappa shape index (κ1) is 14.0. The number of ether oxygens (including phenoxy) is 1. The topological polar surface area (TPSA) is 52.1 Å². The van der Waals surface area contributed by atoms with Crippen molar-refractivity contribution in [2.45, 2.75) is 6.42 Å². The number of hydrogen-bond donors (Lipinski definition) is 0. The molecule has 0 bridgehead atoms. The molecule has 0 N–H and O–H groups in total. The number of methoxy groups -OCH3 is 1. The summed E-state index contributed by atoms with van der Waals surface area (Å²) in [6, 6.07) is 9.87. The lowest BCUT2D eigenvalue weighted by Gasteiger charge is -2.03. The highest BCUT2D eigenvalue weighted by molar-refractivity contribution is 7.14. The summed E-state index contributed by atoms with van der Waals surface area (Å²) in [6.45, 7) is 0. The van der Waals surface area contributed by atoms with Gasteiger partial charge >= 0.3 is 5.97 Å². The second-order valence-corrected chi connectivity index (χ2v) is 5.82. The molecule has 0 atom stereocenters. The highest BCUT2D eigenvalue weighted by Crippen LogP contribution is 2.27. The lowest BCUT2D eigenvalue weighted by molar-refractivity contribution is 0.0606. The first-order chi connectivity index (χ1) is 10.2. The largest absolute Gasteiger partial charge is 0.465 e. The number of hydrogen-bond acceptors (Lipinski definition) is 5. The number of aromatic nitrogens is 2. The van der Waals surface area contributed by atoms with Crippen LogP contribution in [0.3, 0.4) is 0 Å². The van der Waals surface area contributed by atoms with E-state index in [9.17, 15) is 4.79 Å². The minimum absolute atomic E-state index is 0.195. The third-order valence-electron chi connectivity index (χ3n) is 3.08. The molecule has 0 saturated heterocycles. The first-order valence-corrected chi connectivity index (χ1v) is 7.44. The summed E-state index contributed by atoms with van der Waals surface area (Å²) in [4.78, 5) is 20.5. The summed E-state index contributed by atoms with van der Waals surface area (Å²) in [5.41, 5.74) is 2.04. The third-order valence-corrected chi connectivity index (χ3v) is 4.50. The molecule has 2 heterocycles. The van der Waals surface area contributed by atoms with E-state index in [4.69, 9.17) is 11.6 Å². The van der Waals surface area contributed by atoms with E-state index in [-0.39, 0.29) is 5.15 Å². The van der Waals surface area contributed by atoms with Crippen LogP contribution in [0, 0.1) is 0 Å². The van der Waals surface area contributed by atoms with Gasteiger partial charge in [0.05, 0.1) is 17.6 Å². The number of nitrogens with zero attached hydrogens (tertiary/aromatic N) is 2. The van der Waals surface area contributed by atoms with Crippen LogP contribution in [0.15, 0.2) is 36.5 Å². The standard InChI is InChI=1S/C15H11ClN2O2S/c1-20-15(19)13-14(16)18-12(21-13)8-9-6-7-17-11-5-3-2-4-10(9)11/h2-7H,8H2,1H3. The molecule has 0 aliphatic carbocycles. The average Bonchev–Trinajstić information content (AvgIpc) is 2.87. The smallest absolute Gasteiger partial charge is 0.351 e. The molecule has 0 unspecified atom stereocenters. The molecule has 106 valence electrons. The van der Waals surface area contributed by atoms with Crippen LogP contribution in [0.1, 0.15) is 20.2 Å². The molecule has 0 spiro atoms. The summed E-state index contributed by atoms with van der Waals surface area (Å²) in [5.74, 6) is -0.455.